The summed E-state index contributed by atoms with van der Waals surface area (Å²) in [7, 11) is 0. The predicted octanol–water partition coefficient (Wildman–Crippen LogP) is 4.92. The van der Waals surface area contributed by atoms with Gasteiger partial charge in [-0.2, -0.15) is 0 Å². The van der Waals surface area contributed by atoms with E-state index in [2.05, 4.69) is 64.7 Å². The molecule has 1 nitrogen and oxygen atoms in total. The van der Waals surface area contributed by atoms with Gasteiger partial charge in [0.2, 0.25) is 0 Å². The van der Waals surface area contributed by atoms with Crippen molar-refractivity contribution in [3.05, 3.63) is 41.5 Å². The summed E-state index contributed by atoms with van der Waals surface area (Å²) in [5.74, 6) is 1.09. The van der Waals surface area contributed by atoms with Crippen LogP contribution in [0.25, 0.3) is 0 Å². The van der Waals surface area contributed by atoms with Gasteiger partial charge in [0.1, 0.15) is 0 Å². The summed E-state index contributed by atoms with van der Waals surface area (Å²) >= 11 is 0. The molecule has 0 unspecified atom stereocenters. The molecule has 1 aromatic rings. The largest absolute Gasteiger partial charge is 0.381 e. The average molecular weight is 231 g/mol. The number of hydrogen-bond acceptors (Lipinski definition) is 1. The van der Waals surface area contributed by atoms with Crippen LogP contribution >= 0.6 is 0 Å². The third-order valence-corrected chi connectivity index (χ3v) is 2.94. The zero-order valence-corrected chi connectivity index (χ0v) is 11.8. The normalized spacial score (nSPS) is 11.0. The predicted molar refractivity (Wildman–Crippen MR) is 77.9 cm³/mol. The van der Waals surface area contributed by atoms with E-state index in [9.17, 15) is 0 Å². The van der Waals surface area contributed by atoms with Crippen LogP contribution in [-0.4, -0.2) is 6.54 Å². The molecule has 1 heteroatoms. The summed E-state index contributed by atoms with van der Waals surface area (Å²) < 4.78 is 0. The van der Waals surface area contributed by atoms with E-state index < -0.39 is 0 Å². The van der Waals surface area contributed by atoms with Crippen molar-refractivity contribution < 1.29 is 0 Å². The lowest BCUT2D eigenvalue weighted by atomic mass is 9.92. The van der Waals surface area contributed by atoms with Crippen LogP contribution in [0.15, 0.2) is 30.4 Å². The van der Waals surface area contributed by atoms with Gasteiger partial charge in [0, 0.05) is 12.2 Å². The Labute approximate surface area is 106 Å². The van der Waals surface area contributed by atoms with Crippen molar-refractivity contribution in [3.8, 4) is 0 Å². The molecule has 0 aliphatic rings. The van der Waals surface area contributed by atoms with Gasteiger partial charge in [-0.05, 0) is 29.9 Å². The van der Waals surface area contributed by atoms with Crippen LogP contribution in [0.4, 0.5) is 5.69 Å². The molecule has 0 saturated carbocycles. The maximum atomic E-state index is 3.96. The van der Waals surface area contributed by atoms with Crippen LogP contribution in [-0.2, 0) is 0 Å². The molecule has 1 N–H and O–H groups in total. The number of nitrogens with one attached hydrogen (secondary N) is 1. The van der Waals surface area contributed by atoms with Gasteiger partial charge >= 0.3 is 0 Å². The minimum Gasteiger partial charge on any atom is -0.381 e. The van der Waals surface area contributed by atoms with Crippen LogP contribution in [0, 0.1) is 0 Å². The molecule has 1 aromatic carbocycles. The summed E-state index contributed by atoms with van der Waals surface area (Å²) in [6.07, 6.45) is 0. The Balaban J connectivity index is 3.14. The van der Waals surface area contributed by atoms with Crippen LogP contribution in [0.2, 0.25) is 0 Å². The molecule has 0 aromatic heterocycles. The Hall–Kier alpha value is -1.24. The molecule has 0 fully saturated rings. The molecule has 1 rings (SSSR count). The van der Waals surface area contributed by atoms with Crippen molar-refractivity contribution in [1.29, 1.82) is 0 Å². The second-order valence-corrected chi connectivity index (χ2v) is 5.43. The number of rotatable bonds is 5. The quantitative estimate of drug-likeness (QED) is 0.709. The van der Waals surface area contributed by atoms with Crippen LogP contribution in [0.5, 0.6) is 0 Å². The van der Waals surface area contributed by atoms with Crippen molar-refractivity contribution in [2.24, 2.45) is 0 Å². The highest BCUT2D eigenvalue weighted by Gasteiger charge is 2.12. The highest BCUT2D eigenvalue weighted by Crippen LogP contribution is 2.32. The summed E-state index contributed by atoms with van der Waals surface area (Å²) in [6.45, 7) is 15.8. The molecule has 0 radical (unpaired) electrons. The second-order valence-electron chi connectivity index (χ2n) is 5.43. The minimum absolute atomic E-state index is 0.543. The molecule has 0 aliphatic heterocycles. The first-order chi connectivity index (χ1) is 7.93. The average Bonchev–Trinajstić information content (AvgIpc) is 2.25. The molecule has 0 atom stereocenters. The van der Waals surface area contributed by atoms with Crippen LogP contribution in [0.1, 0.15) is 57.6 Å². The Morgan fingerprint density at radius 2 is 1.59 bits per heavy atom. The van der Waals surface area contributed by atoms with Gasteiger partial charge in [-0.3, -0.25) is 0 Å². The van der Waals surface area contributed by atoms with Gasteiger partial charge in [0.25, 0.3) is 0 Å². The molecule has 0 saturated heterocycles. The van der Waals surface area contributed by atoms with Gasteiger partial charge in [-0.1, -0.05) is 58.0 Å². The Kier molecular flexibility index (Phi) is 4.80. The van der Waals surface area contributed by atoms with E-state index in [1.54, 1.807) is 0 Å². The third-order valence-electron chi connectivity index (χ3n) is 2.94. The molecule has 0 bridgehead atoms. The molecule has 94 valence electrons. The molecule has 0 amide bonds. The molecular formula is C16H25N. The number of hydrogen-bond donors (Lipinski definition) is 1. The van der Waals surface area contributed by atoms with Gasteiger partial charge < -0.3 is 5.32 Å². The van der Waals surface area contributed by atoms with E-state index in [0.717, 1.165) is 6.54 Å². The minimum atomic E-state index is 0.543. The van der Waals surface area contributed by atoms with Crippen molar-refractivity contribution in [2.75, 3.05) is 11.9 Å². The lowest BCUT2D eigenvalue weighted by molar-refractivity contribution is 0.835. The first-order valence-corrected chi connectivity index (χ1v) is 6.44. The van der Waals surface area contributed by atoms with Gasteiger partial charge in [-0.15, -0.1) is 0 Å². The number of anilines is 1. The van der Waals surface area contributed by atoms with Gasteiger partial charge in [0.15, 0.2) is 0 Å². The molecule has 17 heavy (non-hydrogen) atoms. The Bertz CT molecular complexity index is 362. The highest BCUT2D eigenvalue weighted by molar-refractivity contribution is 5.60. The van der Waals surface area contributed by atoms with E-state index >= 15 is 0 Å². The highest BCUT2D eigenvalue weighted by atomic mass is 14.9. The monoisotopic (exact) mass is 231 g/mol. The number of benzene rings is 1. The van der Waals surface area contributed by atoms with E-state index in [4.69, 9.17) is 0 Å². The van der Waals surface area contributed by atoms with Crippen molar-refractivity contribution in [1.82, 2.24) is 0 Å². The van der Waals surface area contributed by atoms with E-state index in [1.807, 2.05) is 0 Å². The Morgan fingerprint density at radius 1 is 1.12 bits per heavy atom. The zero-order valence-electron chi connectivity index (χ0n) is 11.8. The molecular weight excluding hydrogens is 206 g/mol. The second kappa shape index (κ2) is 5.90. The maximum absolute atomic E-state index is 3.96. The van der Waals surface area contributed by atoms with Crippen molar-refractivity contribution >= 4 is 5.69 Å². The van der Waals surface area contributed by atoms with Crippen molar-refractivity contribution in [2.45, 2.75) is 46.5 Å². The van der Waals surface area contributed by atoms with E-state index in [-0.39, 0.29) is 0 Å². The fourth-order valence-electron chi connectivity index (χ4n) is 1.99. The first-order valence-electron chi connectivity index (χ1n) is 6.44. The summed E-state index contributed by atoms with van der Waals surface area (Å²) in [4.78, 5) is 0. The Morgan fingerprint density at radius 3 is 1.94 bits per heavy atom. The van der Waals surface area contributed by atoms with Gasteiger partial charge in [-0.25, -0.2) is 0 Å². The first kappa shape index (κ1) is 13.8. The smallest absolute Gasteiger partial charge is 0.0413 e. The van der Waals surface area contributed by atoms with Crippen LogP contribution < -0.4 is 5.32 Å². The molecule has 0 aliphatic carbocycles. The van der Waals surface area contributed by atoms with Crippen LogP contribution in [0.3, 0.4) is 0 Å². The zero-order chi connectivity index (χ0) is 13.0. The summed E-state index contributed by atoms with van der Waals surface area (Å²) in [6, 6.07) is 6.60. The lowest BCUT2D eigenvalue weighted by Gasteiger charge is -2.21. The topological polar surface area (TPSA) is 12.0 Å². The van der Waals surface area contributed by atoms with E-state index in [0.29, 0.717) is 11.8 Å². The van der Waals surface area contributed by atoms with Crippen molar-refractivity contribution in [3.63, 3.8) is 0 Å². The maximum Gasteiger partial charge on any atom is 0.0413 e. The number of para-hydroxylation sites is 1. The fourth-order valence-corrected chi connectivity index (χ4v) is 1.99. The fraction of sp³-hybridized carbons (Fsp3) is 0.500. The summed E-state index contributed by atoms with van der Waals surface area (Å²) in [5, 5.41) is 3.54. The lowest BCUT2D eigenvalue weighted by Crippen LogP contribution is -2.09. The standard InChI is InChI=1S/C16H25N/c1-11(2)10-17-16-14(12(3)4)8-7-9-15(16)13(5)6/h7-9,12-13,17H,1,10H2,2-6H3. The SMILES string of the molecule is C=C(C)CNc1c(C(C)C)cccc1C(C)C. The van der Waals surface area contributed by atoms with E-state index in [1.165, 1.54) is 22.4 Å². The summed E-state index contributed by atoms with van der Waals surface area (Å²) in [5.41, 5.74) is 5.27. The van der Waals surface area contributed by atoms with Gasteiger partial charge in [0.05, 0.1) is 0 Å². The molecule has 0 spiro atoms. The third kappa shape index (κ3) is 3.62. The molecule has 0 heterocycles.